The number of pyridine rings is 1. The zero-order valence-electron chi connectivity index (χ0n) is 6.96. The summed E-state index contributed by atoms with van der Waals surface area (Å²) in [4.78, 5) is 3.96. The van der Waals surface area contributed by atoms with E-state index < -0.39 is 0 Å². The average molecular weight is 268 g/mol. The fourth-order valence-electron chi connectivity index (χ4n) is 1.27. The average Bonchev–Trinajstić information content (AvgIpc) is 2.23. The number of nitrogens with zero attached hydrogens (tertiary/aromatic N) is 2. The van der Waals surface area contributed by atoms with E-state index in [2.05, 4.69) is 27.0 Å². The van der Waals surface area contributed by atoms with Gasteiger partial charge in [0, 0.05) is 27.6 Å². The maximum absolute atomic E-state index is 8.85. The molecule has 1 aromatic carbocycles. The predicted molar refractivity (Wildman–Crippen MR) is 59.2 cm³/mol. The van der Waals surface area contributed by atoms with Crippen molar-refractivity contribution in [3.05, 3.63) is 39.6 Å². The van der Waals surface area contributed by atoms with E-state index in [0.717, 1.165) is 15.2 Å². The van der Waals surface area contributed by atoms with E-state index >= 15 is 0 Å². The van der Waals surface area contributed by atoms with Crippen LogP contribution in [0.3, 0.4) is 0 Å². The number of rotatable bonds is 0. The molecule has 1 aromatic heterocycles. The number of hydrogen-bond donors (Lipinski definition) is 0. The first-order valence-corrected chi connectivity index (χ1v) is 5.03. The number of fused-ring (bicyclic) bond motifs is 1. The summed E-state index contributed by atoms with van der Waals surface area (Å²) < 4.78 is 0.809. The van der Waals surface area contributed by atoms with Crippen molar-refractivity contribution in [1.29, 1.82) is 5.26 Å². The molecule has 2 rings (SSSR count). The summed E-state index contributed by atoms with van der Waals surface area (Å²) in [5.74, 6) is 0. The van der Waals surface area contributed by atoms with E-state index in [4.69, 9.17) is 16.9 Å². The van der Waals surface area contributed by atoms with Gasteiger partial charge in [-0.1, -0.05) is 17.7 Å². The molecule has 0 unspecified atom stereocenters. The van der Waals surface area contributed by atoms with Gasteiger partial charge in [0.05, 0.1) is 10.6 Å². The van der Waals surface area contributed by atoms with Crippen LogP contribution in [0.2, 0.25) is 5.02 Å². The lowest BCUT2D eigenvalue weighted by Gasteiger charge is -2.02. The minimum Gasteiger partial charge on any atom is -0.263 e. The summed E-state index contributed by atoms with van der Waals surface area (Å²) >= 11 is 9.38. The third-order valence-corrected chi connectivity index (χ3v) is 3.25. The Morgan fingerprint density at radius 3 is 2.79 bits per heavy atom. The van der Waals surface area contributed by atoms with Crippen LogP contribution in [-0.4, -0.2) is 4.98 Å². The van der Waals surface area contributed by atoms with Crippen molar-refractivity contribution in [2.24, 2.45) is 0 Å². The van der Waals surface area contributed by atoms with Gasteiger partial charge in [0.1, 0.15) is 6.07 Å². The van der Waals surface area contributed by atoms with Gasteiger partial charge in [0.15, 0.2) is 0 Å². The predicted octanol–water partition coefficient (Wildman–Crippen LogP) is 3.52. The maximum Gasteiger partial charge on any atom is 0.101 e. The Morgan fingerprint density at radius 1 is 1.29 bits per heavy atom. The molecule has 0 amide bonds. The van der Waals surface area contributed by atoms with Crippen LogP contribution in [0.1, 0.15) is 5.56 Å². The minimum absolute atomic E-state index is 0.539. The van der Waals surface area contributed by atoms with Crippen molar-refractivity contribution in [2.45, 2.75) is 0 Å². The number of hydrogen-bond acceptors (Lipinski definition) is 2. The molecule has 0 aliphatic heterocycles. The Bertz CT molecular complexity index is 546. The zero-order chi connectivity index (χ0) is 10.1. The third kappa shape index (κ3) is 1.37. The van der Waals surface area contributed by atoms with Gasteiger partial charge in [-0.2, -0.15) is 5.26 Å². The molecule has 0 radical (unpaired) electrons. The van der Waals surface area contributed by atoms with Crippen molar-refractivity contribution in [3.63, 3.8) is 0 Å². The van der Waals surface area contributed by atoms with Gasteiger partial charge in [-0.05, 0) is 22.0 Å². The van der Waals surface area contributed by atoms with E-state index in [9.17, 15) is 0 Å². The largest absolute Gasteiger partial charge is 0.263 e. The highest BCUT2D eigenvalue weighted by Crippen LogP contribution is 2.31. The van der Waals surface area contributed by atoms with Gasteiger partial charge >= 0.3 is 0 Å². The monoisotopic (exact) mass is 266 g/mol. The second-order valence-electron chi connectivity index (χ2n) is 2.76. The van der Waals surface area contributed by atoms with Crippen LogP contribution < -0.4 is 0 Å². The molecule has 1 heterocycles. The molecule has 0 fully saturated rings. The molecule has 0 saturated heterocycles. The van der Waals surface area contributed by atoms with Crippen LogP contribution in [0.5, 0.6) is 0 Å². The van der Waals surface area contributed by atoms with E-state index in [-0.39, 0.29) is 0 Å². The molecule has 4 heteroatoms. The van der Waals surface area contributed by atoms with Gasteiger partial charge in [-0.3, -0.25) is 4.98 Å². The van der Waals surface area contributed by atoms with Crippen molar-refractivity contribution >= 4 is 38.3 Å². The second kappa shape index (κ2) is 3.56. The number of halogens is 2. The molecule has 0 atom stereocenters. The van der Waals surface area contributed by atoms with Gasteiger partial charge in [0.25, 0.3) is 0 Å². The summed E-state index contributed by atoms with van der Waals surface area (Å²) in [7, 11) is 0. The maximum atomic E-state index is 8.85. The molecule has 2 aromatic rings. The molecule has 0 saturated carbocycles. The van der Waals surface area contributed by atoms with E-state index in [0.29, 0.717) is 10.6 Å². The van der Waals surface area contributed by atoms with Gasteiger partial charge < -0.3 is 0 Å². The Morgan fingerprint density at radius 2 is 2.07 bits per heavy atom. The first-order chi connectivity index (χ1) is 6.74. The summed E-state index contributed by atoms with van der Waals surface area (Å²) in [5.41, 5.74) is 0.539. The molecule has 0 N–H and O–H groups in total. The molecule has 0 spiro atoms. The summed E-state index contributed by atoms with van der Waals surface area (Å²) in [6.07, 6.45) is 3.19. The first-order valence-electron chi connectivity index (χ1n) is 3.86. The minimum atomic E-state index is 0.539. The molecule has 0 aliphatic rings. The Balaban J connectivity index is 2.95. The van der Waals surface area contributed by atoms with E-state index in [1.54, 1.807) is 6.20 Å². The van der Waals surface area contributed by atoms with Crippen LogP contribution in [0.25, 0.3) is 10.8 Å². The van der Waals surface area contributed by atoms with Crippen molar-refractivity contribution in [3.8, 4) is 6.07 Å². The lowest BCUT2D eigenvalue weighted by atomic mass is 10.1. The van der Waals surface area contributed by atoms with Crippen LogP contribution in [0.15, 0.2) is 29.0 Å². The van der Waals surface area contributed by atoms with Gasteiger partial charge in [-0.25, -0.2) is 0 Å². The first kappa shape index (κ1) is 9.45. The smallest absolute Gasteiger partial charge is 0.101 e. The Labute approximate surface area is 94.3 Å². The van der Waals surface area contributed by atoms with Crippen molar-refractivity contribution < 1.29 is 0 Å². The fraction of sp³-hybridized carbons (Fsp3) is 0. The molecule has 2 nitrogen and oxygen atoms in total. The lowest BCUT2D eigenvalue weighted by Crippen LogP contribution is -1.83. The topological polar surface area (TPSA) is 36.7 Å². The van der Waals surface area contributed by atoms with Crippen LogP contribution in [0, 0.1) is 11.3 Å². The zero-order valence-corrected chi connectivity index (χ0v) is 9.30. The Hall–Kier alpha value is -1.11. The third-order valence-electron chi connectivity index (χ3n) is 1.95. The molecular formula is C10H4BrClN2. The van der Waals surface area contributed by atoms with Crippen LogP contribution in [-0.2, 0) is 0 Å². The standard InChI is InChI=1S/C10H4BrClN2/c11-9-2-1-7-6(3-13)4-14-5-8(7)10(9)12/h1-2,4-5H. The van der Waals surface area contributed by atoms with Gasteiger partial charge in [0.2, 0.25) is 0 Å². The van der Waals surface area contributed by atoms with Crippen molar-refractivity contribution in [1.82, 2.24) is 4.98 Å². The number of nitriles is 1. The summed E-state index contributed by atoms with van der Waals surface area (Å²) in [6, 6.07) is 5.76. The second-order valence-corrected chi connectivity index (χ2v) is 3.99. The molecule has 0 aliphatic carbocycles. The highest BCUT2D eigenvalue weighted by atomic mass is 79.9. The number of aromatic nitrogens is 1. The highest BCUT2D eigenvalue weighted by Gasteiger charge is 2.06. The molecule has 14 heavy (non-hydrogen) atoms. The highest BCUT2D eigenvalue weighted by molar-refractivity contribution is 9.10. The SMILES string of the molecule is N#Cc1cncc2c(Cl)c(Br)ccc12. The molecule has 68 valence electrons. The Kier molecular flexibility index (Phi) is 2.40. The number of benzene rings is 1. The quantitative estimate of drug-likeness (QED) is 0.732. The summed E-state index contributed by atoms with van der Waals surface area (Å²) in [6.45, 7) is 0. The van der Waals surface area contributed by atoms with E-state index in [1.807, 2.05) is 12.1 Å². The van der Waals surface area contributed by atoms with Crippen LogP contribution >= 0.6 is 27.5 Å². The van der Waals surface area contributed by atoms with Gasteiger partial charge in [-0.15, -0.1) is 0 Å². The normalized spacial score (nSPS) is 10.1. The molecule has 0 bridgehead atoms. The van der Waals surface area contributed by atoms with E-state index in [1.165, 1.54) is 6.20 Å². The van der Waals surface area contributed by atoms with Crippen LogP contribution in [0.4, 0.5) is 0 Å². The fourth-order valence-corrected chi connectivity index (χ4v) is 1.83. The summed E-state index contributed by atoms with van der Waals surface area (Å²) in [5, 5.41) is 11.1. The lowest BCUT2D eigenvalue weighted by molar-refractivity contribution is 1.34. The van der Waals surface area contributed by atoms with Crippen molar-refractivity contribution in [2.75, 3.05) is 0 Å². The molecular weight excluding hydrogens is 263 g/mol.